The zero-order valence-electron chi connectivity index (χ0n) is 6.92. The Kier molecular flexibility index (Phi) is 5.47. The van der Waals surface area contributed by atoms with E-state index in [1.807, 2.05) is 25.2 Å². The molecule has 2 nitrogen and oxygen atoms in total. The van der Waals surface area contributed by atoms with Crippen LogP contribution in [0, 0.1) is 0 Å². The van der Waals surface area contributed by atoms with Crippen LogP contribution in [0.3, 0.4) is 0 Å². The fourth-order valence-corrected chi connectivity index (χ4v) is 0.820. The van der Waals surface area contributed by atoms with E-state index in [1.165, 1.54) is 0 Å². The lowest BCUT2D eigenvalue weighted by molar-refractivity contribution is 1.11. The van der Waals surface area contributed by atoms with Crippen molar-refractivity contribution < 1.29 is 0 Å². The van der Waals surface area contributed by atoms with Crippen LogP contribution in [0.5, 0.6) is 0 Å². The van der Waals surface area contributed by atoms with Gasteiger partial charge in [0.15, 0.2) is 5.11 Å². The van der Waals surface area contributed by atoms with E-state index in [1.54, 1.807) is 0 Å². The highest BCUT2D eigenvalue weighted by molar-refractivity contribution is 7.80. The first-order valence-electron chi connectivity index (χ1n) is 3.60. The Balaban J connectivity index is 4.11. The number of nitrogens with one attached hydrogen (secondary N) is 1. The zero-order chi connectivity index (χ0) is 8.69. The fourth-order valence-electron chi connectivity index (χ4n) is 0.702. The molecule has 3 N–H and O–H groups in total. The van der Waals surface area contributed by atoms with Crippen molar-refractivity contribution in [1.82, 2.24) is 5.32 Å². The molecule has 0 aliphatic carbocycles. The summed E-state index contributed by atoms with van der Waals surface area (Å²) in [6.07, 6.45) is 6.86. The first kappa shape index (κ1) is 10.2. The van der Waals surface area contributed by atoms with Crippen molar-refractivity contribution in [2.24, 2.45) is 5.73 Å². The molecule has 0 aromatic carbocycles. The molecule has 0 saturated carbocycles. The highest BCUT2D eigenvalue weighted by Gasteiger charge is 1.89. The summed E-state index contributed by atoms with van der Waals surface area (Å²) in [6.45, 7) is 4.01. The third-order valence-corrected chi connectivity index (χ3v) is 1.14. The minimum Gasteiger partial charge on any atom is -0.376 e. The van der Waals surface area contributed by atoms with Gasteiger partial charge in [-0.2, -0.15) is 0 Å². The maximum Gasteiger partial charge on any atom is 0.168 e. The van der Waals surface area contributed by atoms with Crippen molar-refractivity contribution in [3.63, 3.8) is 0 Å². The summed E-state index contributed by atoms with van der Waals surface area (Å²) in [6, 6.07) is 0. The Labute approximate surface area is 73.2 Å². The first-order valence-corrected chi connectivity index (χ1v) is 4.00. The molecule has 0 spiro atoms. The van der Waals surface area contributed by atoms with Gasteiger partial charge in [0.2, 0.25) is 0 Å². The molecule has 0 aliphatic rings. The molecule has 0 aliphatic heterocycles. The van der Waals surface area contributed by atoms with Crippen LogP contribution in [-0.2, 0) is 0 Å². The summed E-state index contributed by atoms with van der Waals surface area (Å²) in [5.74, 6) is 0. The number of hydrogen-bond donors (Lipinski definition) is 2. The third-order valence-electron chi connectivity index (χ3n) is 1.04. The van der Waals surface area contributed by atoms with Gasteiger partial charge in [-0.05, 0) is 31.6 Å². The van der Waals surface area contributed by atoms with Crippen LogP contribution < -0.4 is 11.1 Å². The molecule has 11 heavy (non-hydrogen) atoms. The van der Waals surface area contributed by atoms with E-state index in [2.05, 4.69) is 12.2 Å². The Bertz CT molecular complexity index is 183. The van der Waals surface area contributed by atoms with Gasteiger partial charge in [0.05, 0.1) is 0 Å². The minimum absolute atomic E-state index is 0.308. The van der Waals surface area contributed by atoms with Gasteiger partial charge in [-0.3, -0.25) is 0 Å². The zero-order valence-corrected chi connectivity index (χ0v) is 7.74. The van der Waals surface area contributed by atoms with Crippen molar-refractivity contribution >= 4 is 17.3 Å². The van der Waals surface area contributed by atoms with Gasteiger partial charge >= 0.3 is 0 Å². The van der Waals surface area contributed by atoms with Crippen LogP contribution in [0.15, 0.2) is 23.9 Å². The molecule has 3 heteroatoms. The molecule has 0 aromatic heterocycles. The summed E-state index contributed by atoms with van der Waals surface area (Å²) in [4.78, 5) is 0. The van der Waals surface area contributed by atoms with Gasteiger partial charge < -0.3 is 11.1 Å². The molecule has 62 valence electrons. The van der Waals surface area contributed by atoms with E-state index in [0.717, 1.165) is 12.1 Å². The second-order valence-corrected chi connectivity index (χ2v) is 2.50. The molecule has 0 bridgehead atoms. The van der Waals surface area contributed by atoms with E-state index in [0.29, 0.717) is 5.11 Å². The van der Waals surface area contributed by atoms with Crippen LogP contribution in [-0.4, -0.2) is 5.11 Å². The topological polar surface area (TPSA) is 38.0 Å². The minimum atomic E-state index is 0.308. The summed E-state index contributed by atoms with van der Waals surface area (Å²) in [5.41, 5.74) is 6.26. The predicted molar refractivity (Wildman–Crippen MR) is 53.1 cm³/mol. The SMILES string of the molecule is C/C=C\C(=C/CC)NC(N)=S. The summed E-state index contributed by atoms with van der Waals surface area (Å²) >= 11 is 4.69. The van der Waals surface area contributed by atoms with Gasteiger partial charge in [0.1, 0.15) is 0 Å². The molecule has 0 aromatic rings. The van der Waals surface area contributed by atoms with E-state index >= 15 is 0 Å². The monoisotopic (exact) mass is 170 g/mol. The van der Waals surface area contributed by atoms with E-state index in [9.17, 15) is 0 Å². The van der Waals surface area contributed by atoms with E-state index in [4.69, 9.17) is 18.0 Å². The highest BCUT2D eigenvalue weighted by atomic mass is 32.1. The number of rotatable bonds is 3. The van der Waals surface area contributed by atoms with Gasteiger partial charge in [-0.15, -0.1) is 0 Å². The Hall–Kier alpha value is -0.830. The number of allylic oxidation sites excluding steroid dienone is 3. The van der Waals surface area contributed by atoms with Crippen molar-refractivity contribution in [3.8, 4) is 0 Å². The van der Waals surface area contributed by atoms with Gasteiger partial charge in [0, 0.05) is 5.70 Å². The first-order chi connectivity index (χ1) is 5.20. The lowest BCUT2D eigenvalue weighted by atomic mass is 10.3. The molecular weight excluding hydrogens is 156 g/mol. The van der Waals surface area contributed by atoms with Crippen LogP contribution in [0.1, 0.15) is 20.3 Å². The Morgan fingerprint density at radius 2 is 2.27 bits per heavy atom. The maximum atomic E-state index is 5.30. The summed E-state index contributed by atoms with van der Waals surface area (Å²) in [5, 5.41) is 3.17. The molecule has 0 saturated heterocycles. The molecule has 0 radical (unpaired) electrons. The quantitative estimate of drug-likeness (QED) is 0.500. The molecule has 0 heterocycles. The molecule has 0 unspecified atom stereocenters. The van der Waals surface area contributed by atoms with Crippen LogP contribution >= 0.6 is 12.2 Å². The maximum absolute atomic E-state index is 5.30. The second kappa shape index (κ2) is 5.92. The van der Waals surface area contributed by atoms with Crippen LogP contribution in [0.2, 0.25) is 0 Å². The Morgan fingerprint density at radius 1 is 1.64 bits per heavy atom. The lowest BCUT2D eigenvalue weighted by Crippen LogP contribution is -2.27. The average Bonchev–Trinajstić information content (AvgIpc) is 1.87. The number of thiocarbonyl (C=S) groups is 1. The van der Waals surface area contributed by atoms with Gasteiger partial charge in [-0.1, -0.05) is 19.1 Å². The van der Waals surface area contributed by atoms with Crippen molar-refractivity contribution in [1.29, 1.82) is 0 Å². The molecular formula is C8H14N2S. The standard InChI is InChI=1S/C8H14N2S/c1-3-5-7(6-4-2)10-8(9)11/h3,5-6H,4H2,1-2H3,(H3,9,10,11)/b5-3-,7-6+. The molecule has 0 fully saturated rings. The number of nitrogens with two attached hydrogens (primary N) is 1. The van der Waals surface area contributed by atoms with Gasteiger partial charge in [0.25, 0.3) is 0 Å². The smallest absolute Gasteiger partial charge is 0.168 e. The van der Waals surface area contributed by atoms with Gasteiger partial charge in [-0.25, -0.2) is 0 Å². The largest absolute Gasteiger partial charge is 0.376 e. The summed E-state index contributed by atoms with van der Waals surface area (Å²) < 4.78 is 0. The van der Waals surface area contributed by atoms with Crippen molar-refractivity contribution in [2.45, 2.75) is 20.3 Å². The van der Waals surface area contributed by atoms with Crippen molar-refractivity contribution in [2.75, 3.05) is 0 Å². The Morgan fingerprint density at radius 3 is 2.64 bits per heavy atom. The predicted octanol–water partition coefficient (Wildman–Crippen LogP) is 1.69. The molecule has 0 atom stereocenters. The van der Waals surface area contributed by atoms with Crippen molar-refractivity contribution in [3.05, 3.63) is 23.9 Å². The molecule has 0 amide bonds. The van der Waals surface area contributed by atoms with Crippen LogP contribution in [0.4, 0.5) is 0 Å². The highest BCUT2D eigenvalue weighted by Crippen LogP contribution is 1.93. The van der Waals surface area contributed by atoms with E-state index in [-0.39, 0.29) is 0 Å². The second-order valence-electron chi connectivity index (χ2n) is 2.06. The number of hydrogen-bond acceptors (Lipinski definition) is 1. The normalized spacial score (nSPS) is 12.0. The summed E-state index contributed by atoms with van der Waals surface area (Å²) in [7, 11) is 0. The average molecular weight is 170 g/mol. The fraction of sp³-hybridized carbons (Fsp3) is 0.375. The molecule has 0 rings (SSSR count). The third kappa shape index (κ3) is 5.61. The van der Waals surface area contributed by atoms with Crippen LogP contribution in [0.25, 0.3) is 0 Å². The van der Waals surface area contributed by atoms with E-state index < -0.39 is 0 Å². The lowest BCUT2D eigenvalue weighted by Gasteiger charge is -2.02.